The van der Waals surface area contributed by atoms with Gasteiger partial charge in [-0.3, -0.25) is 4.79 Å². The van der Waals surface area contributed by atoms with Crippen LogP contribution in [0, 0.1) is 0 Å². The van der Waals surface area contributed by atoms with Crippen molar-refractivity contribution in [2.45, 2.75) is 18.9 Å². The monoisotopic (exact) mass is 156 g/mol. The molecule has 0 radical (unpaired) electrons. The Bertz CT molecular complexity index is 170. The van der Waals surface area contributed by atoms with E-state index in [4.69, 9.17) is 5.73 Å². The van der Waals surface area contributed by atoms with Crippen LogP contribution in [0.5, 0.6) is 0 Å². The molecule has 1 rings (SSSR count). The Morgan fingerprint density at radius 1 is 1.73 bits per heavy atom. The summed E-state index contributed by atoms with van der Waals surface area (Å²) in [6, 6.07) is -0.217. The summed E-state index contributed by atoms with van der Waals surface area (Å²) in [7, 11) is 0. The number of rotatable bonds is 2. The molecule has 0 spiro atoms. The first kappa shape index (κ1) is 8.20. The zero-order valence-electron chi connectivity index (χ0n) is 6.32. The van der Waals surface area contributed by atoms with Gasteiger partial charge in [-0.15, -0.1) is 0 Å². The van der Waals surface area contributed by atoms with Gasteiger partial charge in [0.2, 0.25) is 5.91 Å². The van der Waals surface area contributed by atoms with E-state index in [9.17, 15) is 9.59 Å². The van der Waals surface area contributed by atoms with Crippen molar-refractivity contribution in [1.82, 2.24) is 4.90 Å². The van der Waals surface area contributed by atoms with E-state index in [1.807, 2.05) is 0 Å². The SMILES string of the molecule is NCC(=O)N1CCC[C@H]1C=O. The minimum absolute atomic E-state index is 0.00431. The van der Waals surface area contributed by atoms with Gasteiger partial charge in [0, 0.05) is 6.54 Å². The highest BCUT2D eigenvalue weighted by atomic mass is 16.2. The van der Waals surface area contributed by atoms with Crippen molar-refractivity contribution in [2.75, 3.05) is 13.1 Å². The van der Waals surface area contributed by atoms with Crippen LogP contribution >= 0.6 is 0 Å². The molecule has 0 aromatic carbocycles. The molecule has 2 N–H and O–H groups in total. The third kappa shape index (κ3) is 1.57. The van der Waals surface area contributed by atoms with E-state index in [0.717, 1.165) is 19.1 Å². The lowest BCUT2D eigenvalue weighted by Crippen LogP contribution is -2.40. The summed E-state index contributed by atoms with van der Waals surface area (Å²) in [4.78, 5) is 23.0. The van der Waals surface area contributed by atoms with Gasteiger partial charge in [0.15, 0.2) is 0 Å². The lowest BCUT2D eigenvalue weighted by molar-refractivity contribution is -0.133. The normalized spacial score (nSPS) is 23.7. The fraction of sp³-hybridized carbons (Fsp3) is 0.714. The molecule has 11 heavy (non-hydrogen) atoms. The fourth-order valence-electron chi connectivity index (χ4n) is 1.36. The largest absolute Gasteiger partial charge is 0.332 e. The molecule has 1 saturated heterocycles. The predicted octanol–water partition coefficient (Wildman–Crippen LogP) is -0.865. The van der Waals surface area contributed by atoms with Crippen molar-refractivity contribution in [1.29, 1.82) is 0 Å². The van der Waals surface area contributed by atoms with E-state index >= 15 is 0 Å². The molecule has 0 aromatic heterocycles. The average Bonchev–Trinajstić information content (AvgIpc) is 2.50. The van der Waals surface area contributed by atoms with Crippen LogP contribution in [0.15, 0.2) is 0 Å². The van der Waals surface area contributed by atoms with Crippen LogP contribution in [0.2, 0.25) is 0 Å². The van der Waals surface area contributed by atoms with E-state index in [2.05, 4.69) is 0 Å². The maximum absolute atomic E-state index is 11.0. The van der Waals surface area contributed by atoms with Gasteiger partial charge in [-0.05, 0) is 12.8 Å². The quantitative estimate of drug-likeness (QED) is 0.529. The molecule has 1 amide bonds. The van der Waals surface area contributed by atoms with Gasteiger partial charge in [-0.1, -0.05) is 0 Å². The first-order chi connectivity index (χ1) is 5.29. The maximum Gasteiger partial charge on any atom is 0.236 e. The molecule has 0 bridgehead atoms. The molecule has 0 aliphatic carbocycles. The molecule has 1 heterocycles. The number of carbonyl (C=O) groups excluding carboxylic acids is 2. The van der Waals surface area contributed by atoms with Crippen LogP contribution in [0.4, 0.5) is 0 Å². The Balaban J connectivity index is 2.56. The lowest BCUT2D eigenvalue weighted by atomic mass is 10.2. The standard InChI is InChI=1S/C7H12N2O2/c8-4-7(11)9-3-1-2-6(9)5-10/h5-6H,1-4,8H2/t6-/m0/s1. The molecular formula is C7H12N2O2. The third-order valence-electron chi connectivity index (χ3n) is 1.95. The average molecular weight is 156 g/mol. The number of hydrogen-bond acceptors (Lipinski definition) is 3. The molecule has 1 atom stereocenters. The molecule has 4 heteroatoms. The second-order valence-corrected chi connectivity index (χ2v) is 2.64. The van der Waals surface area contributed by atoms with Gasteiger partial charge < -0.3 is 15.4 Å². The topological polar surface area (TPSA) is 63.4 Å². The summed E-state index contributed by atoms with van der Waals surface area (Å²) < 4.78 is 0. The molecular weight excluding hydrogens is 144 g/mol. The summed E-state index contributed by atoms with van der Waals surface area (Å²) in [6.45, 7) is 0.684. The van der Waals surface area contributed by atoms with Gasteiger partial charge in [0.05, 0.1) is 12.6 Å². The zero-order chi connectivity index (χ0) is 8.27. The van der Waals surface area contributed by atoms with Crippen molar-refractivity contribution < 1.29 is 9.59 Å². The van der Waals surface area contributed by atoms with Crippen LogP contribution in [0.1, 0.15) is 12.8 Å². The van der Waals surface area contributed by atoms with Crippen LogP contribution < -0.4 is 5.73 Å². The molecule has 0 unspecified atom stereocenters. The smallest absolute Gasteiger partial charge is 0.236 e. The highest BCUT2D eigenvalue weighted by molar-refractivity contribution is 5.81. The zero-order valence-corrected chi connectivity index (χ0v) is 6.32. The predicted molar refractivity (Wildman–Crippen MR) is 39.9 cm³/mol. The summed E-state index contributed by atoms with van der Waals surface area (Å²) in [5, 5.41) is 0. The Kier molecular flexibility index (Phi) is 2.59. The second-order valence-electron chi connectivity index (χ2n) is 2.64. The van der Waals surface area contributed by atoms with E-state index < -0.39 is 0 Å². The van der Waals surface area contributed by atoms with E-state index in [1.54, 1.807) is 4.90 Å². The van der Waals surface area contributed by atoms with Crippen molar-refractivity contribution in [3.8, 4) is 0 Å². The maximum atomic E-state index is 11.0. The minimum atomic E-state index is -0.217. The number of nitrogens with zero attached hydrogens (tertiary/aromatic N) is 1. The fourth-order valence-corrected chi connectivity index (χ4v) is 1.36. The van der Waals surface area contributed by atoms with Crippen LogP contribution in [0.3, 0.4) is 0 Å². The Morgan fingerprint density at radius 3 is 3.00 bits per heavy atom. The summed E-state index contributed by atoms with van der Waals surface area (Å²) >= 11 is 0. The molecule has 0 aromatic rings. The minimum Gasteiger partial charge on any atom is -0.332 e. The number of nitrogens with two attached hydrogens (primary N) is 1. The van der Waals surface area contributed by atoms with Crippen molar-refractivity contribution >= 4 is 12.2 Å². The van der Waals surface area contributed by atoms with Crippen LogP contribution in [-0.2, 0) is 9.59 Å². The second kappa shape index (κ2) is 3.48. The first-order valence-corrected chi connectivity index (χ1v) is 3.74. The van der Waals surface area contributed by atoms with Crippen LogP contribution in [-0.4, -0.2) is 36.2 Å². The summed E-state index contributed by atoms with van der Waals surface area (Å²) in [6.07, 6.45) is 2.52. The number of likely N-dealkylation sites (tertiary alicyclic amines) is 1. The molecule has 0 saturated carbocycles. The van der Waals surface area contributed by atoms with Crippen LogP contribution in [0.25, 0.3) is 0 Å². The van der Waals surface area contributed by atoms with Gasteiger partial charge in [0.1, 0.15) is 6.29 Å². The number of carbonyl (C=O) groups is 2. The molecule has 1 fully saturated rings. The summed E-state index contributed by atoms with van der Waals surface area (Å²) in [5.74, 6) is -0.125. The first-order valence-electron chi connectivity index (χ1n) is 3.74. The highest BCUT2D eigenvalue weighted by Gasteiger charge is 2.26. The van der Waals surface area contributed by atoms with Crippen molar-refractivity contribution in [3.63, 3.8) is 0 Å². The number of hydrogen-bond donors (Lipinski definition) is 1. The Morgan fingerprint density at radius 2 is 2.45 bits per heavy atom. The lowest BCUT2D eigenvalue weighted by Gasteiger charge is -2.18. The van der Waals surface area contributed by atoms with E-state index in [0.29, 0.717) is 6.54 Å². The molecule has 62 valence electrons. The van der Waals surface area contributed by atoms with E-state index in [-0.39, 0.29) is 18.5 Å². The Labute approximate surface area is 65.3 Å². The number of amides is 1. The van der Waals surface area contributed by atoms with Gasteiger partial charge in [-0.25, -0.2) is 0 Å². The molecule has 1 aliphatic rings. The van der Waals surface area contributed by atoms with E-state index in [1.165, 1.54) is 0 Å². The Hall–Kier alpha value is -0.900. The van der Waals surface area contributed by atoms with Crippen molar-refractivity contribution in [2.24, 2.45) is 5.73 Å². The van der Waals surface area contributed by atoms with Crippen molar-refractivity contribution in [3.05, 3.63) is 0 Å². The number of aldehydes is 1. The molecule has 4 nitrogen and oxygen atoms in total. The van der Waals surface area contributed by atoms with Gasteiger partial charge in [-0.2, -0.15) is 0 Å². The third-order valence-corrected chi connectivity index (χ3v) is 1.95. The van der Waals surface area contributed by atoms with Gasteiger partial charge >= 0.3 is 0 Å². The van der Waals surface area contributed by atoms with Gasteiger partial charge in [0.25, 0.3) is 0 Å². The highest BCUT2D eigenvalue weighted by Crippen LogP contribution is 2.14. The molecule has 1 aliphatic heterocycles. The summed E-state index contributed by atoms with van der Waals surface area (Å²) in [5.41, 5.74) is 5.16.